The van der Waals surface area contributed by atoms with E-state index in [1.807, 2.05) is 11.8 Å². The summed E-state index contributed by atoms with van der Waals surface area (Å²) < 4.78 is 0. The fourth-order valence-corrected chi connectivity index (χ4v) is 3.76. The first-order valence-electron chi connectivity index (χ1n) is 6.85. The van der Waals surface area contributed by atoms with Gasteiger partial charge in [0, 0.05) is 18.3 Å². The van der Waals surface area contributed by atoms with Gasteiger partial charge in [-0.1, -0.05) is 26.7 Å². The van der Waals surface area contributed by atoms with E-state index in [2.05, 4.69) is 51.6 Å². The molecule has 1 unspecified atom stereocenters. The van der Waals surface area contributed by atoms with Crippen LogP contribution in [0.5, 0.6) is 0 Å². The van der Waals surface area contributed by atoms with Gasteiger partial charge in [0.2, 0.25) is 0 Å². The third kappa shape index (κ3) is 6.40. The summed E-state index contributed by atoms with van der Waals surface area (Å²) in [5.41, 5.74) is 0.425. The van der Waals surface area contributed by atoms with E-state index < -0.39 is 0 Å². The first-order chi connectivity index (χ1) is 8.05. The molecule has 1 nitrogen and oxygen atoms in total. The van der Waals surface area contributed by atoms with Crippen molar-refractivity contribution in [2.24, 2.45) is 5.41 Å². The van der Waals surface area contributed by atoms with E-state index in [0.717, 1.165) is 5.75 Å². The van der Waals surface area contributed by atoms with Crippen molar-refractivity contribution in [3.05, 3.63) is 0 Å². The van der Waals surface area contributed by atoms with E-state index in [1.54, 1.807) is 0 Å². The molecule has 17 heavy (non-hydrogen) atoms. The van der Waals surface area contributed by atoms with E-state index in [0.29, 0.717) is 11.5 Å². The summed E-state index contributed by atoms with van der Waals surface area (Å²) in [5.74, 6) is 2.24. The molecule has 0 heterocycles. The van der Waals surface area contributed by atoms with E-state index >= 15 is 0 Å². The Kier molecular flexibility index (Phi) is 9.94. The fourth-order valence-electron chi connectivity index (χ4n) is 2.61. The summed E-state index contributed by atoms with van der Waals surface area (Å²) >= 11 is 6.57. The number of nitrogens with zero attached hydrogens (tertiary/aromatic N) is 1. The van der Waals surface area contributed by atoms with E-state index in [1.165, 1.54) is 38.0 Å². The second kappa shape index (κ2) is 9.57. The molecule has 0 aromatic rings. The van der Waals surface area contributed by atoms with Crippen molar-refractivity contribution < 1.29 is 0 Å². The molecule has 0 saturated carbocycles. The number of rotatable bonds is 10. The standard InChI is InChI=1S/C14H31NS2/c1-6-8-14(12-16,9-7-2)11-15(4)13(3)10-17-5/h13,16H,6-12H2,1-5H3. The zero-order chi connectivity index (χ0) is 13.3. The van der Waals surface area contributed by atoms with Gasteiger partial charge in [0.05, 0.1) is 0 Å². The van der Waals surface area contributed by atoms with Crippen LogP contribution >= 0.6 is 24.4 Å². The van der Waals surface area contributed by atoms with Gasteiger partial charge in [0.25, 0.3) is 0 Å². The summed E-state index contributed by atoms with van der Waals surface area (Å²) in [5, 5.41) is 0. The van der Waals surface area contributed by atoms with Crippen LogP contribution in [0.25, 0.3) is 0 Å². The topological polar surface area (TPSA) is 3.24 Å². The van der Waals surface area contributed by atoms with Gasteiger partial charge in [-0.25, -0.2) is 0 Å². The van der Waals surface area contributed by atoms with Crippen LogP contribution in [0.3, 0.4) is 0 Å². The van der Waals surface area contributed by atoms with E-state index in [9.17, 15) is 0 Å². The highest BCUT2D eigenvalue weighted by atomic mass is 32.2. The Morgan fingerprint density at radius 1 is 1.24 bits per heavy atom. The summed E-state index contributed by atoms with van der Waals surface area (Å²) in [4.78, 5) is 2.53. The molecule has 0 N–H and O–H groups in total. The zero-order valence-corrected chi connectivity index (χ0v) is 14.0. The molecule has 0 radical (unpaired) electrons. The number of hydrogen-bond donors (Lipinski definition) is 1. The minimum absolute atomic E-state index is 0.425. The Morgan fingerprint density at radius 2 is 1.76 bits per heavy atom. The normalized spacial score (nSPS) is 14.3. The Morgan fingerprint density at radius 3 is 2.12 bits per heavy atom. The molecule has 0 saturated heterocycles. The second-order valence-corrected chi connectivity index (χ2v) is 6.60. The van der Waals surface area contributed by atoms with Gasteiger partial charge >= 0.3 is 0 Å². The third-order valence-electron chi connectivity index (χ3n) is 3.64. The maximum atomic E-state index is 4.63. The van der Waals surface area contributed by atoms with Gasteiger partial charge in [-0.15, -0.1) is 0 Å². The van der Waals surface area contributed by atoms with E-state index in [-0.39, 0.29) is 0 Å². The minimum Gasteiger partial charge on any atom is -0.302 e. The molecule has 0 bridgehead atoms. The largest absolute Gasteiger partial charge is 0.302 e. The average molecular weight is 278 g/mol. The Hall–Kier alpha value is 0.660. The van der Waals surface area contributed by atoms with Crippen LogP contribution in [-0.4, -0.2) is 42.3 Å². The van der Waals surface area contributed by atoms with Crippen molar-refractivity contribution >= 4 is 24.4 Å². The van der Waals surface area contributed by atoms with Gasteiger partial charge in [0.1, 0.15) is 0 Å². The van der Waals surface area contributed by atoms with Crippen LogP contribution in [0.1, 0.15) is 46.5 Å². The highest BCUT2D eigenvalue weighted by Gasteiger charge is 2.29. The van der Waals surface area contributed by atoms with Gasteiger partial charge in [0.15, 0.2) is 0 Å². The lowest BCUT2D eigenvalue weighted by Gasteiger charge is -2.38. The predicted octanol–water partition coefficient (Wildman–Crippen LogP) is 4.19. The predicted molar refractivity (Wildman–Crippen MR) is 86.6 cm³/mol. The molecule has 104 valence electrons. The van der Waals surface area contributed by atoms with Crippen LogP contribution in [0.15, 0.2) is 0 Å². The molecule has 0 rings (SSSR count). The van der Waals surface area contributed by atoms with Gasteiger partial charge in [-0.2, -0.15) is 24.4 Å². The zero-order valence-electron chi connectivity index (χ0n) is 12.3. The molecule has 0 aromatic carbocycles. The van der Waals surface area contributed by atoms with E-state index in [4.69, 9.17) is 0 Å². The van der Waals surface area contributed by atoms with Crippen molar-refractivity contribution in [2.45, 2.75) is 52.5 Å². The molecule has 0 aliphatic rings. The number of thioether (sulfide) groups is 1. The molecular formula is C14H31NS2. The molecule has 3 heteroatoms. The lowest BCUT2D eigenvalue weighted by atomic mass is 9.80. The maximum absolute atomic E-state index is 4.63. The van der Waals surface area contributed by atoms with Gasteiger partial charge in [-0.3, -0.25) is 0 Å². The van der Waals surface area contributed by atoms with Crippen molar-refractivity contribution in [3.8, 4) is 0 Å². The van der Waals surface area contributed by atoms with Crippen LogP contribution in [-0.2, 0) is 0 Å². The number of hydrogen-bond acceptors (Lipinski definition) is 3. The third-order valence-corrected chi connectivity index (χ3v) is 5.13. The van der Waals surface area contributed by atoms with Gasteiger partial charge in [-0.05, 0) is 44.2 Å². The molecule has 0 aromatic heterocycles. The van der Waals surface area contributed by atoms with Crippen molar-refractivity contribution in [1.82, 2.24) is 4.90 Å². The van der Waals surface area contributed by atoms with Crippen molar-refractivity contribution in [1.29, 1.82) is 0 Å². The molecule has 0 amide bonds. The molecule has 0 aliphatic heterocycles. The fraction of sp³-hybridized carbons (Fsp3) is 1.00. The van der Waals surface area contributed by atoms with Crippen LogP contribution in [0.4, 0.5) is 0 Å². The second-order valence-electron chi connectivity index (χ2n) is 5.38. The average Bonchev–Trinajstić information content (AvgIpc) is 2.29. The van der Waals surface area contributed by atoms with Crippen molar-refractivity contribution in [2.75, 3.05) is 31.4 Å². The molecule has 0 fully saturated rings. The Labute approximate surface area is 119 Å². The monoisotopic (exact) mass is 277 g/mol. The highest BCUT2D eigenvalue weighted by Crippen LogP contribution is 2.32. The maximum Gasteiger partial charge on any atom is 0.0155 e. The molecular weight excluding hydrogens is 246 g/mol. The lowest BCUT2D eigenvalue weighted by Crippen LogP contribution is -2.42. The minimum atomic E-state index is 0.425. The van der Waals surface area contributed by atoms with Crippen molar-refractivity contribution in [3.63, 3.8) is 0 Å². The SMILES string of the molecule is CCCC(CS)(CCC)CN(C)C(C)CSC. The number of thiol groups is 1. The molecule has 1 atom stereocenters. The molecule has 0 spiro atoms. The lowest BCUT2D eigenvalue weighted by molar-refractivity contribution is 0.147. The molecule has 0 aliphatic carbocycles. The van der Waals surface area contributed by atoms with Crippen LogP contribution in [0.2, 0.25) is 0 Å². The summed E-state index contributed by atoms with van der Waals surface area (Å²) in [6, 6.07) is 0.665. The Balaban J connectivity index is 4.49. The smallest absolute Gasteiger partial charge is 0.0155 e. The summed E-state index contributed by atoms with van der Waals surface area (Å²) in [6.07, 6.45) is 7.34. The van der Waals surface area contributed by atoms with Crippen LogP contribution < -0.4 is 0 Å². The first-order valence-corrected chi connectivity index (χ1v) is 8.88. The summed E-state index contributed by atoms with van der Waals surface area (Å²) in [7, 11) is 2.27. The Bertz CT molecular complexity index is 179. The first kappa shape index (κ1) is 17.7. The van der Waals surface area contributed by atoms with Crippen LogP contribution in [0, 0.1) is 5.41 Å². The van der Waals surface area contributed by atoms with Gasteiger partial charge < -0.3 is 4.90 Å². The highest BCUT2D eigenvalue weighted by molar-refractivity contribution is 7.98. The summed E-state index contributed by atoms with van der Waals surface area (Å²) in [6.45, 7) is 8.11. The quantitative estimate of drug-likeness (QED) is 0.597.